The fourth-order valence-corrected chi connectivity index (χ4v) is 4.70. The van der Waals surface area contributed by atoms with E-state index in [1.807, 2.05) is 47.3 Å². The van der Waals surface area contributed by atoms with Crippen LogP contribution in [-0.4, -0.2) is 45.7 Å². The standard InChI is InChI=1S/C22H24FN5OS/c23-16-7-12-28(13-8-16)22(29)20(9-14-27-11-2-3-17(27)15-24)26-30-21-5-1-4-19-18(21)6-10-25-19/h1-6,10-11,16,20,25-26H,7-9,12-14H2. The summed E-state index contributed by atoms with van der Waals surface area (Å²) in [6.45, 7) is 1.44. The molecular formula is C22H24FN5OS. The molecule has 1 amide bonds. The van der Waals surface area contributed by atoms with Crippen LogP contribution in [0, 0.1) is 11.3 Å². The Bertz CT molecular complexity index is 1050. The number of carbonyl (C=O) groups excluding carboxylic acids is 1. The first kappa shape index (κ1) is 20.5. The van der Waals surface area contributed by atoms with Crippen LogP contribution in [0.1, 0.15) is 25.0 Å². The van der Waals surface area contributed by atoms with E-state index in [0.29, 0.717) is 44.6 Å². The minimum absolute atomic E-state index is 0.0127. The zero-order valence-electron chi connectivity index (χ0n) is 16.6. The number of carbonyl (C=O) groups is 1. The molecule has 1 atom stereocenters. The number of hydrogen-bond donors (Lipinski definition) is 2. The van der Waals surface area contributed by atoms with Crippen molar-refractivity contribution in [3.63, 3.8) is 0 Å². The number of amides is 1. The highest BCUT2D eigenvalue weighted by molar-refractivity contribution is 7.97. The number of H-pyrrole nitrogens is 1. The quantitative estimate of drug-likeness (QED) is 0.564. The molecule has 156 valence electrons. The van der Waals surface area contributed by atoms with Gasteiger partial charge in [-0.15, -0.1) is 0 Å². The van der Waals surface area contributed by atoms with Gasteiger partial charge in [-0.1, -0.05) is 6.07 Å². The Morgan fingerprint density at radius 2 is 2.13 bits per heavy atom. The minimum atomic E-state index is -0.820. The molecule has 1 aliphatic heterocycles. The highest BCUT2D eigenvalue weighted by Gasteiger charge is 2.28. The number of nitrogens with one attached hydrogen (secondary N) is 2. The van der Waals surface area contributed by atoms with Crippen LogP contribution < -0.4 is 4.72 Å². The number of hydrogen-bond acceptors (Lipinski definition) is 4. The Morgan fingerprint density at radius 1 is 1.30 bits per heavy atom. The highest BCUT2D eigenvalue weighted by Crippen LogP contribution is 2.26. The van der Waals surface area contributed by atoms with Crippen molar-refractivity contribution in [2.24, 2.45) is 0 Å². The third-order valence-electron chi connectivity index (χ3n) is 5.50. The number of nitrogens with zero attached hydrogens (tertiary/aromatic N) is 3. The van der Waals surface area contributed by atoms with E-state index >= 15 is 0 Å². The van der Waals surface area contributed by atoms with Crippen molar-refractivity contribution in [3.05, 3.63) is 54.5 Å². The third-order valence-corrected chi connectivity index (χ3v) is 6.48. The molecule has 6 nitrogen and oxygen atoms in total. The highest BCUT2D eigenvalue weighted by atomic mass is 32.2. The molecule has 8 heteroatoms. The number of rotatable bonds is 7. The van der Waals surface area contributed by atoms with Crippen molar-refractivity contribution in [1.29, 1.82) is 5.26 Å². The average molecular weight is 426 g/mol. The van der Waals surface area contributed by atoms with Gasteiger partial charge in [0.05, 0.1) is 6.04 Å². The number of fused-ring (bicyclic) bond motifs is 1. The summed E-state index contributed by atoms with van der Waals surface area (Å²) in [6, 6.07) is 13.3. The second kappa shape index (κ2) is 9.37. The summed E-state index contributed by atoms with van der Waals surface area (Å²) in [5.41, 5.74) is 1.62. The van der Waals surface area contributed by atoms with E-state index < -0.39 is 12.2 Å². The maximum absolute atomic E-state index is 13.5. The summed E-state index contributed by atoms with van der Waals surface area (Å²) < 4.78 is 18.7. The Hall–Kier alpha value is -2.76. The van der Waals surface area contributed by atoms with E-state index in [9.17, 15) is 14.4 Å². The van der Waals surface area contributed by atoms with Crippen molar-refractivity contribution in [3.8, 4) is 6.07 Å². The predicted molar refractivity (Wildman–Crippen MR) is 116 cm³/mol. The molecule has 4 rings (SSSR count). The molecule has 1 aromatic carbocycles. The molecule has 0 bridgehead atoms. The number of piperidine rings is 1. The van der Waals surface area contributed by atoms with Gasteiger partial charge in [0.1, 0.15) is 17.9 Å². The van der Waals surface area contributed by atoms with Gasteiger partial charge in [-0.05, 0) is 61.5 Å². The van der Waals surface area contributed by atoms with Crippen LogP contribution in [0.25, 0.3) is 10.9 Å². The number of aromatic nitrogens is 2. The van der Waals surface area contributed by atoms with Crippen molar-refractivity contribution in [1.82, 2.24) is 19.2 Å². The molecule has 0 saturated carbocycles. The van der Waals surface area contributed by atoms with Gasteiger partial charge < -0.3 is 14.5 Å². The van der Waals surface area contributed by atoms with Crippen LogP contribution in [0.3, 0.4) is 0 Å². The maximum Gasteiger partial charge on any atom is 0.240 e. The Balaban J connectivity index is 1.48. The number of likely N-dealkylation sites (tertiary alicyclic amines) is 1. The zero-order chi connectivity index (χ0) is 20.9. The molecule has 30 heavy (non-hydrogen) atoms. The van der Waals surface area contributed by atoms with Gasteiger partial charge in [-0.2, -0.15) is 5.26 Å². The van der Waals surface area contributed by atoms with Crippen LogP contribution in [-0.2, 0) is 11.3 Å². The van der Waals surface area contributed by atoms with Crippen molar-refractivity contribution in [2.75, 3.05) is 13.1 Å². The molecule has 0 radical (unpaired) electrons. The lowest BCUT2D eigenvalue weighted by Gasteiger charge is -2.32. The first-order valence-electron chi connectivity index (χ1n) is 10.1. The van der Waals surface area contributed by atoms with Gasteiger partial charge >= 0.3 is 0 Å². The maximum atomic E-state index is 13.5. The fraction of sp³-hybridized carbons (Fsp3) is 0.364. The van der Waals surface area contributed by atoms with E-state index in [4.69, 9.17) is 0 Å². The number of aromatic amines is 1. The monoisotopic (exact) mass is 425 g/mol. The van der Waals surface area contributed by atoms with Crippen molar-refractivity contribution in [2.45, 2.75) is 42.9 Å². The molecule has 3 heterocycles. The van der Waals surface area contributed by atoms with Crippen LogP contribution in [0.2, 0.25) is 0 Å². The molecule has 2 N–H and O–H groups in total. The Kier molecular flexibility index (Phi) is 6.41. The second-order valence-electron chi connectivity index (χ2n) is 7.45. The predicted octanol–water partition coefficient (Wildman–Crippen LogP) is 3.86. The summed E-state index contributed by atoms with van der Waals surface area (Å²) in [5.74, 6) is -0.0127. The van der Waals surface area contributed by atoms with Crippen LogP contribution in [0.15, 0.2) is 53.7 Å². The number of halogens is 1. The van der Waals surface area contributed by atoms with Crippen LogP contribution in [0.4, 0.5) is 4.39 Å². The number of aryl methyl sites for hydroxylation is 1. The van der Waals surface area contributed by atoms with E-state index in [2.05, 4.69) is 15.8 Å². The lowest BCUT2D eigenvalue weighted by Crippen LogP contribution is -2.48. The Morgan fingerprint density at radius 3 is 2.93 bits per heavy atom. The van der Waals surface area contributed by atoms with Gasteiger partial charge in [0.2, 0.25) is 5.91 Å². The lowest BCUT2D eigenvalue weighted by atomic mass is 10.1. The van der Waals surface area contributed by atoms with E-state index in [1.54, 1.807) is 11.0 Å². The topological polar surface area (TPSA) is 76.8 Å². The summed E-state index contributed by atoms with van der Waals surface area (Å²) in [7, 11) is 0. The molecule has 1 unspecified atom stereocenters. The SMILES string of the molecule is N#Cc1cccn1CCC(NSc1cccc2[nH]ccc12)C(=O)N1CCC(F)CC1. The summed E-state index contributed by atoms with van der Waals surface area (Å²) >= 11 is 1.44. The number of benzene rings is 1. The van der Waals surface area contributed by atoms with Crippen LogP contribution in [0.5, 0.6) is 0 Å². The van der Waals surface area contributed by atoms with Crippen molar-refractivity contribution >= 4 is 28.8 Å². The smallest absolute Gasteiger partial charge is 0.240 e. The molecule has 0 spiro atoms. The third kappa shape index (κ3) is 4.53. The van der Waals surface area contributed by atoms with Gasteiger partial charge in [0.15, 0.2) is 0 Å². The second-order valence-corrected chi connectivity index (χ2v) is 8.33. The van der Waals surface area contributed by atoms with E-state index in [1.165, 1.54) is 11.9 Å². The summed E-state index contributed by atoms with van der Waals surface area (Å²) in [4.78, 5) is 19.2. The zero-order valence-corrected chi connectivity index (χ0v) is 17.4. The number of alkyl halides is 1. The minimum Gasteiger partial charge on any atom is -0.361 e. The largest absolute Gasteiger partial charge is 0.361 e. The number of nitriles is 1. The molecule has 1 fully saturated rings. The van der Waals surface area contributed by atoms with E-state index in [0.717, 1.165) is 15.8 Å². The van der Waals surface area contributed by atoms with Gasteiger partial charge in [0, 0.05) is 47.8 Å². The first-order chi connectivity index (χ1) is 14.7. The van der Waals surface area contributed by atoms with Gasteiger partial charge in [-0.3, -0.25) is 4.79 Å². The molecule has 0 aliphatic carbocycles. The molecule has 3 aromatic rings. The normalized spacial score (nSPS) is 15.9. The van der Waals surface area contributed by atoms with Crippen molar-refractivity contribution < 1.29 is 9.18 Å². The summed E-state index contributed by atoms with van der Waals surface area (Å²) in [6.07, 6.45) is 4.25. The lowest BCUT2D eigenvalue weighted by molar-refractivity contribution is -0.134. The van der Waals surface area contributed by atoms with Gasteiger partial charge in [0.25, 0.3) is 0 Å². The average Bonchev–Trinajstić information content (AvgIpc) is 3.43. The van der Waals surface area contributed by atoms with E-state index in [-0.39, 0.29) is 5.91 Å². The summed E-state index contributed by atoms with van der Waals surface area (Å²) in [5, 5.41) is 10.3. The molecule has 2 aromatic heterocycles. The van der Waals surface area contributed by atoms with Crippen LogP contribution >= 0.6 is 11.9 Å². The first-order valence-corrected chi connectivity index (χ1v) is 10.9. The fourth-order valence-electron chi connectivity index (χ4n) is 3.78. The molecule has 1 aliphatic rings. The molecular weight excluding hydrogens is 401 g/mol. The van der Waals surface area contributed by atoms with Gasteiger partial charge in [-0.25, -0.2) is 9.11 Å². The molecule has 1 saturated heterocycles. The Labute approximate surface area is 179 Å².